The SMILES string of the molecule is O=C1C(=CC2=C(O)c3ccc(-c4ccccc4)cc3S2(=O)=O)S(=O)(=O)c2ccccc21. The minimum Gasteiger partial charge on any atom is -0.506 e. The van der Waals surface area contributed by atoms with E-state index in [1.165, 1.54) is 36.4 Å². The molecule has 0 spiro atoms. The van der Waals surface area contributed by atoms with Crippen molar-refractivity contribution in [2.24, 2.45) is 0 Å². The van der Waals surface area contributed by atoms with Gasteiger partial charge in [-0.05, 0) is 41.5 Å². The number of ketones is 1. The Morgan fingerprint density at radius 3 is 2.06 bits per heavy atom. The van der Waals surface area contributed by atoms with Gasteiger partial charge in [0, 0.05) is 11.1 Å². The standard InChI is InChI=1S/C23H14O6S2/c24-22-16-8-4-5-9-18(16)30(26,27)20(22)13-21-23(25)17-11-10-15(12-19(17)31(21,28)29)14-6-2-1-3-7-14/h1-13,25H. The van der Waals surface area contributed by atoms with Gasteiger partial charge in [0.25, 0.3) is 0 Å². The number of allylic oxidation sites excluding steroid dienone is 2. The number of benzene rings is 3. The first-order chi connectivity index (χ1) is 14.7. The van der Waals surface area contributed by atoms with E-state index in [-0.39, 0.29) is 20.9 Å². The summed E-state index contributed by atoms with van der Waals surface area (Å²) in [4.78, 5) is 11.1. The summed E-state index contributed by atoms with van der Waals surface area (Å²) in [5.41, 5.74) is 1.46. The number of hydrogen-bond donors (Lipinski definition) is 1. The molecule has 0 atom stereocenters. The predicted molar refractivity (Wildman–Crippen MR) is 115 cm³/mol. The largest absolute Gasteiger partial charge is 0.506 e. The number of Topliss-reactive ketones (excluding diaryl/α,β-unsaturated/α-hetero) is 1. The lowest BCUT2D eigenvalue weighted by Gasteiger charge is -2.05. The molecule has 2 heterocycles. The van der Waals surface area contributed by atoms with E-state index in [4.69, 9.17) is 0 Å². The predicted octanol–water partition coefficient (Wildman–Crippen LogP) is 3.92. The molecule has 0 saturated carbocycles. The highest BCUT2D eigenvalue weighted by molar-refractivity contribution is 7.97. The van der Waals surface area contributed by atoms with Crippen LogP contribution < -0.4 is 0 Å². The maximum atomic E-state index is 13.2. The third kappa shape index (κ3) is 2.72. The molecule has 2 aliphatic heterocycles. The molecule has 5 rings (SSSR count). The number of hydrogen-bond acceptors (Lipinski definition) is 6. The fourth-order valence-corrected chi connectivity index (χ4v) is 7.06. The fourth-order valence-electron chi connectivity index (χ4n) is 3.80. The van der Waals surface area contributed by atoms with E-state index in [0.29, 0.717) is 5.56 Å². The highest BCUT2D eigenvalue weighted by atomic mass is 32.2. The minimum absolute atomic E-state index is 0.0203. The van der Waals surface area contributed by atoms with Gasteiger partial charge in [-0.2, -0.15) is 0 Å². The lowest BCUT2D eigenvalue weighted by molar-refractivity contribution is 0.104. The van der Waals surface area contributed by atoms with Crippen LogP contribution in [-0.2, 0) is 19.7 Å². The van der Waals surface area contributed by atoms with Crippen LogP contribution in [0, 0.1) is 0 Å². The van der Waals surface area contributed by atoms with Gasteiger partial charge in [0.15, 0.2) is 0 Å². The Labute approximate surface area is 178 Å². The average Bonchev–Trinajstić information content (AvgIpc) is 3.08. The van der Waals surface area contributed by atoms with Gasteiger partial charge < -0.3 is 5.11 Å². The molecule has 0 fully saturated rings. The molecular formula is C23H14O6S2. The zero-order valence-corrected chi connectivity index (χ0v) is 17.4. The van der Waals surface area contributed by atoms with Crippen molar-refractivity contribution in [1.82, 2.24) is 0 Å². The smallest absolute Gasteiger partial charge is 0.211 e. The molecule has 0 unspecified atom stereocenters. The third-order valence-corrected chi connectivity index (χ3v) is 8.98. The molecule has 0 aliphatic carbocycles. The zero-order valence-electron chi connectivity index (χ0n) is 15.8. The van der Waals surface area contributed by atoms with Gasteiger partial charge >= 0.3 is 0 Å². The molecule has 3 aromatic rings. The molecule has 1 N–H and O–H groups in total. The normalized spacial score (nSPS) is 19.5. The minimum atomic E-state index is -4.24. The van der Waals surface area contributed by atoms with Crippen LogP contribution in [0.5, 0.6) is 0 Å². The van der Waals surface area contributed by atoms with Crippen LogP contribution >= 0.6 is 0 Å². The molecule has 31 heavy (non-hydrogen) atoms. The van der Waals surface area contributed by atoms with Gasteiger partial charge in [0.2, 0.25) is 25.5 Å². The number of carbonyl (C=O) groups excluding carboxylic acids is 1. The monoisotopic (exact) mass is 450 g/mol. The van der Waals surface area contributed by atoms with E-state index in [1.54, 1.807) is 6.07 Å². The van der Waals surface area contributed by atoms with Crippen molar-refractivity contribution >= 4 is 31.2 Å². The maximum absolute atomic E-state index is 13.2. The first-order valence-electron chi connectivity index (χ1n) is 9.21. The lowest BCUT2D eigenvalue weighted by Crippen LogP contribution is -2.06. The number of aliphatic hydroxyl groups is 1. The third-order valence-electron chi connectivity index (χ3n) is 5.35. The first-order valence-corrected chi connectivity index (χ1v) is 12.2. The molecule has 3 aromatic carbocycles. The molecule has 154 valence electrons. The summed E-state index contributed by atoms with van der Waals surface area (Å²) >= 11 is 0. The van der Waals surface area contributed by atoms with Crippen LogP contribution in [0.15, 0.2) is 98.5 Å². The van der Waals surface area contributed by atoms with Crippen molar-refractivity contribution in [2.45, 2.75) is 9.79 Å². The van der Waals surface area contributed by atoms with Crippen LogP contribution in [0.3, 0.4) is 0 Å². The quantitative estimate of drug-likeness (QED) is 0.593. The molecule has 0 amide bonds. The van der Waals surface area contributed by atoms with Crippen molar-refractivity contribution in [2.75, 3.05) is 0 Å². The van der Waals surface area contributed by atoms with E-state index < -0.39 is 41.0 Å². The molecule has 2 aliphatic rings. The Morgan fingerprint density at radius 1 is 0.677 bits per heavy atom. The van der Waals surface area contributed by atoms with Crippen LogP contribution in [-0.4, -0.2) is 27.7 Å². The maximum Gasteiger partial charge on any atom is 0.211 e. The second-order valence-corrected chi connectivity index (χ2v) is 10.9. The molecule has 0 saturated heterocycles. The summed E-state index contributed by atoms with van der Waals surface area (Å²) in [5, 5.41) is 10.6. The second-order valence-electron chi connectivity index (χ2n) is 7.13. The Balaban J connectivity index is 1.67. The van der Waals surface area contributed by atoms with Crippen LogP contribution in [0.4, 0.5) is 0 Å². The zero-order chi connectivity index (χ0) is 22.0. The van der Waals surface area contributed by atoms with Crippen LogP contribution in [0.1, 0.15) is 15.9 Å². The number of fused-ring (bicyclic) bond motifs is 2. The number of rotatable bonds is 2. The van der Waals surface area contributed by atoms with Gasteiger partial charge in [0.1, 0.15) is 15.6 Å². The Bertz CT molecular complexity index is 1560. The summed E-state index contributed by atoms with van der Waals surface area (Å²) < 4.78 is 52.0. The highest BCUT2D eigenvalue weighted by Gasteiger charge is 2.42. The van der Waals surface area contributed by atoms with E-state index in [0.717, 1.165) is 11.6 Å². The number of aliphatic hydroxyl groups excluding tert-OH is 1. The number of sulfone groups is 2. The van der Waals surface area contributed by atoms with Crippen LogP contribution in [0.2, 0.25) is 0 Å². The van der Waals surface area contributed by atoms with Crippen molar-refractivity contribution in [1.29, 1.82) is 0 Å². The average molecular weight is 450 g/mol. The van der Waals surface area contributed by atoms with E-state index in [2.05, 4.69) is 0 Å². The van der Waals surface area contributed by atoms with Crippen molar-refractivity contribution in [3.8, 4) is 11.1 Å². The number of carbonyl (C=O) groups is 1. The second kappa shape index (κ2) is 6.50. The highest BCUT2D eigenvalue weighted by Crippen LogP contribution is 2.43. The summed E-state index contributed by atoms with van der Waals surface area (Å²) in [6, 6.07) is 19.4. The van der Waals surface area contributed by atoms with Crippen molar-refractivity contribution < 1.29 is 26.7 Å². The molecule has 0 radical (unpaired) electrons. The molecule has 0 aromatic heterocycles. The van der Waals surface area contributed by atoms with E-state index >= 15 is 0 Å². The van der Waals surface area contributed by atoms with Crippen LogP contribution in [0.25, 0.3) is 16.9 Å². The summed E-state index contributed by atoms with van der Waals surface area (Å²) in [5.74, 6) is -1.38. The Kier molecular flexibility index (Phi) is 4.08. The summed E-state index contributed by atoms with van der Waals surface area (Å²) in [6.45, 7) is 0. The Hall–Kier alpha value is -3.49. The van der Waals surface area contributed by atoms with E-state index in [9.17, 15) is 26.7 Å². The van der Waals surface area contributed by atoms with Gasteiger partial charge in [0.05, 0.1) is 9.79 Å². The van der Waals surface area contributed by atoms with Gasteiger partial charge in [-0.3, -0.25) is 4.79 Å². The van der Waals surface area contributed by atoms with Gasteiger partial charge in [-0.25, -0.2) is 16.8 Å². The van der Waals surface area contributed by atoms with Gasteiger partial charge in [-0.15, -0.1) is 0 Å². The van der Waals surface area contributed by atoms with Crippen molar-refractivity contribution in [3.05, 3.63) is 99.8 Å². The topological polar surface area (TPSA) is 106 Å². The first kappa shape index (κ1) is 19.5. The summed E-state index contributed by atoms with van der Waals surface area (Å²) in [6.07, 6.45) is 0.768. The van der Waals surface area contributed by atoms with E-state index in [1.807, 2.05) is 30.3 Å². The molecule has 8 heteroatoms. The fraction of sp³-hybridized carbons (Fsp3) is 0. The Morgan fingerprint density at radius 2 is 1.35 bits per heavy atom. The van der Waals surface area contributed by atoms with Crippen molar-refractivity contribution in [3.63, 3.8) is 0 Å². The molecular weight excluding hydrogens is 436 g/mol. The molecule has 0 bridgehead atoms. The summed E-state index contributed by atoms with van der Waals surface area (Å²) in [7, 11) is -8.43. The molecule has 6 nitrogen and oxygen atoms in total. The lowest BCUT2D eigenvalue weighted by atomic mass is 10.0. The van der Waals surface area contributed by atoms with Gasteiger partial charge in [-0.1, -0.05) is 48.5 Å².